The van der Waals surface area contributed by atoms with Crippen molar-refractivity contribution in [3.8, 4) is 5.75 Å². The maximum absolute atomic E-state index is 12.7. The monoisotopic (exact) mass is 401 g/mol. The Labute approximate surface area is 165 Å². The van der Waals surface area contributed by atoms with Gasteiger partial charge in [-0.1, -0.05) is 6.42 Å². The number of thioether (sulfide) groups is 1. The number of benzene rings is 1. The van der Waals surface area contributed by atoms with Gasteiger partial charge in [0.1, 0.15) is 5.75 Å². The molecule has 3 aromatic rings. The van der Waals surface area contributed by atoms with E-state index in [4.69, 9.17) is 4.74 Å². The summed E-state index contributed by atoms with van der Waals surface area (Å²) in [6.07, 6.45) is 10.1. The van der Waals surface area contributed by atoms with Gasteiger partial charge in [0, 0.05) is 17.2 Å². The third kappa shape index (κ3) is 4.52. The predicted octanol–water partition coefficient (Wildman–Crippen LogP) is 4.70. The second-order valence-electron chi connectivity index (χ2n) is 6.78. The number of hydrogen-bond acceptors (Lipinski definition) is 5. The van der Waals surface area contributed by atoms with Crippen LogP contribution in [0.15, 0.2) is 46.6 Å². The second-order valence-corrected chi connectivity index (χ2v) is 9.02. The van der Waals surface area contributed by atoms with Crippen molar-refractivity contribution in [2.75, 3.05) is 6.26 Å². The fourth-order valence-electron chi connectivity index (χ4n) is 3.39. The molecular weight excluding hydrogens is 378 g/mol. The molecule has 1 aromatic carbocycles. The van der Waals surface area contributed by atoms with Gasteiger partial charge in [0.2, 0.25) is 0 Å². The first-order chi connectivity index (χ1) is 13.2. The lowest BCUT2D eigenvalue weighted by Crippen LogP contribution is -2.19. The molecule has 2 aromatic heterocycles. The van der Waals surface area contributed by atoms with Crippen molar-refractivity contribution in [1.29, 1.82) is 0 Å². The van der Waals surface area contributed by atoms with E-state index in [1.54, 1.807) is 18.0 Å². The zero-order valence-corrected chi connectivity index (χ0v) is 16.9. The minimum absolute atomic E-state index is 0.308. The Bertz CT molecular complexity index is 951. The van der Waals surface area contributed by atoms with E-state index in [2.05, 4.69) is 15.0 Å². The average Bonchev–Trinajstić information content (AvgIpc) is 3.12. The smallest absolute Gasteiger partial charge is 0.197 e. The van der Waals surface area contributed by atoms with Gasteiger partial charge >= 0.3 is 0 Å². The summed E-state index contributed by atoms with van der Waals surface area (Å²) < 4.78 is 18.8. The molecule has 4 rings (SSSR count). The maximum Gasteiger partial charge on any atom is 0.197 e. The molecular formula is C20H23N3O2S2. The number of aromatic amines is 1. The summed E-state index contributed by atoms with van der Waals surface area (Å²) in [5.41, 5.74) is 2.47. The van der Waals surface area contributed by atoms with Crippen molar-refractivity contribution in [1.82, 2.24) is 15.0 Å². The number of rotatable bonds is 6. The first-order valence-electron chi connectivity index (χ1n) is 9.25. The van der Waals surface area contributed by atoms with Gasteiger partial charge in [-0.05, 0) is 56.2 Å². The van der Waals surface area contributed by atoms with Gasteiger partial charge in [-0.3, -0.25) is 9.19 Å². The maximum atomic E-state index is 12.7. The number of hydrogen-bond donors (Lipinski definition) is 1. The highest BCUT2D eigenvalue weighted by Gasteiger charge is 2.16. The van der Waals surface area contributed by atoms with E-state index in [0.29, 0.717) is 17.0 Å². The molecule has 0 amide bonds. The molecule has 2 heterocycles. The van der Waals surface area contributed by atoms with Gasteiger partial charge in [0.05, 0.1) is 39.4 Å². The van der Waals surface area contributed by atoms with Crippen LogP contribution in [0.2, 0.25) is 0 Å². The van der Waals surface area contributed by atoms with Crippen molar-refractivity contribution >= 4 is 33.6 Å². The van der Waals surface area contributed by atoms with Crippen LogP contribution < -0.4 is 4.74 Å². The van der Waals surface area contributed by atoms with Gasteiger partial charge in [-0.15, -0.1) is 11.8 Å². The highest BCUT2D eigenvalue weighted by molar-refractivity contribution is 7.98. The van der Waals surface area contributed by atoms with Crippen LogP contribution in [-0.2, 0) is 16.6 Å². The SMILES string of the molecule is CSc1ccnc(CS(=O)c2nc3ccc(OC4CCCCC4)cc3[nH]2)c1. The Morgan fingerprint density at radius 2 is 2.07 bits per heavy atom. The third-order valence-electron chi connectivity index (χ3n) is 4.80. The van der Waals surface area contributed by atoms with Crippen molar-refractivity contribution < 1.29 is 8.95 Å². The normalized spacial score (nSPS) is 16.5. The molecule has 0 saturated heterocycles. The summed E-state index contributed by atoms with van der Waals surface area (Å²) in [6, 6.07) is 9.77. The standard InChI is InChI=1S/C20H23N3O2S2/c1-26-17-9-10-21-14(11-17)13-27(24)20-22-18-8-7-16(12-19(18)23-20)25-15-5-3-2-4-6-15/h7-12,15H,2-6,13H2,1H3,(H,22,23). The summed E-state index contributed by atoms with van der Waals surface area (Å²) in [4.78, 5) is 13.1. The fourth-order valence-corrected chi connectivity index (χ4v) is 4.82. The fraction of sp³-hybridized carbons (Fsp3) is 0.400. The van der Waals surface area contributed by atoms with Crippen LogP contribution >= 0.6 is 11.8 Å². The van der Waals surface area contributed by atoms with E-state index in [1.807, 2.05) is 36.6 Å². The summed E-state index contributed by atoms with van der Waals surface area (Å²) >= 11 is 1.65. The van der Waals surface area contributed by atoms with Gasteiger partial charge in [0.15, 0.2) is 5.16 Å². The number of ether oxygens (including phenoxy) is 1. The summed E-state index contributed by atoms with van der Waals surface area (Å²) in [5.74, 6) is 1.20. The van der Waals surface area contributed by atoms with Gasteiger partial charge in [-0.25, -0.2) is 4.98 Å². The van der Waals surface area contributed by atoms with E-state index in [0.717, 1.165) is 40.2 Å². The zero-order chi connectivity index (χ0) is 18.6. The molecule has 1 atom stereocenters. The van der Waals surface area contributed by atoms with Gasteiger partial charge in [0.25, 0.3) is 0 Å². The Hall–Kier alpha value is -1.86. The molecule has 0 spiro atoms. The first-order valence-corrected chi connectivity index (χ1v) is 11.8. The van der Waals surface area contributed by atoms with Crippen molar-refractivity contribution in [3.63, 3.8) is 0 Å². The summed E-state index contributed by atoms with van der Waals surface area (Å²) in [6.45, 7) is 0. The van der Waals surface area contributed by atoms with Crippen LogP contribution in [0.3, 0.4) is 0 Å². The van der Waals surface area contributed by atoms with Crippen LogP contribution in [0.25, 0.3) is 11.0 Å². The Morgan fingerprint density at radius 3 is 2.89 bits per heavy atom. The third-order valence-corrected chi connectivity index (χ3v) is 6.71. The molecule has 27 heavy (non-hydrogen) atoms. The molecule has 7 heteroatoms. The topological polar surface area (TPSA) is 67.9 Å². The van der Waals surface area contributed by atoms with Crippen LogP contribution in [0.4, 0.5) is 0 Å². The van der Waals surface area contributed by atoms with Gasteiger partial charge in [-0.2, -0.15) is 0 Å². The minimum Gasteiger partial charge on any atom is -0.490 e. The second kappa shape index (κ2) is 8.44. The van der Waals surface area contributed by atoms with E-state index in [-0.39, 0.29) is 0 Å². The summed E-state index contributed by atoms with van der Waals surface area (Å²) in [5, 5.41) is 0.483. The molecule has 1 N–H and O–H groups in total. The number of nitrogens with zero attached hydrogens (tertiary/aromatic N) is 2. The van der Waals surface area contributed by atoms with Crippen molar-refractivity contribution in [2.45, 2.75) is 54.0 Å². The van der Waals surface area contributed by atoms with Crippen molar-refractivity contribution in [3.05, 3.63) is 42.2 Å². The molecule has 0 aliphatic heterocycles. The lowest BCUT2D eigenvalue weighted by Gasteiger charge is -2.22. The molecule has 1 fully saturated rings. The molecule has 1 saturated carbocycles. The zero-order valence-electron chi connectivity index (χ0n) is 15.3. The predicted molar refractivity (Wildman–Crippen MR) is 110 cm³/mol. The lowest BCUT2D eigenvalue weighted by atomic mass is 9.98. The lowest BCUT2D eigenvalue weighted by molar-refractivity contribution is 0.155. The quantitative estimate of drug-likeness (QED) is 0.607. The average molecular weight is 402 g/mol. The van der Waals surface area contributed by atoms with E-state index in [1.165, 1.54) is 19.3 Å². The molecule has 1 aliphatic rings. The number of imidazole rings is 1. The molecule has 1 unspecified atom stereocenters. The van der Waals surface area contributed by atoms with Crippen LogP contribution in [-0.4, -0.2) is 31.5 Å². The molecule has 0 bridgehead atoms. The largest absolute Gasteiger partial charge is 0.490 e. The molecule has 1 aliphatic carbocycles. The van der Waals surface area contributed by atoms with Crippen LogP contribution in [0.5, 0.6) is 5.75 Å². The minimum atomic E-state index is -1.27. The Kier molecular flexibility index (Phi) is 5.78. The van der Waals surface area contributed by atoms with E-state index >= 15 is 0 Å². The van der Waals surface area contributed by atoms with Gasteiger partial charge < -0.3 is 9.72 Å². The number of pyridine rings is 1. The van der Waals surface area contributed by atoms with E-state index in [9.17, 15) is 4.21 Å². The number of nitrogens with one attached hydrogen (secondary N) is 1. The molecule has 142 valence electrons. The first kappa shape index (κ1) is 18.5. The molecule has 0 radical (unpaired) electrons. The number of aromatic nitrogens is 3. The van der Waals surface area contributed by atoms with Crippen molar-refractivity contribution in [2.24, 2.45) is 0 Å². The molecule has 5 nitrogen and oxygen atoms in total. The Balaban J connectivity index is 1.49. The number of H-pyrrole nitrogens is 1. The Morgan fingerprint density at radius 1 is 1.22 bits per heavy atom. The number of fused-ring (bicyclic) bond motifs is 1. The summed E-state index contributed by atoms with van der Waals surface area (Å²) in [7, 11) is -1.27. The highest BCUT2D eigenvalue weighted by Crippen LogP contribution is 2.26. The van der Waals surface area contributed by atoms with Crippen LogP contribution in [0, 0.1) is 0 Å². The van der Waals surface area contributed by atoms with E-state index < -0.39 is 10.8 Å². The van der Waals surface area contributed by atoms with Crippen LogP contribution in [0.1, 0.15) is 37.8 Å². The highest BCUT2D eigenvalue weighted by atomic mass is 32.2.